The smallest absolute Gasteiger partial charge is 0.338 e. The van der Waals surface area contributed by atoms with Crippen molar-refractivity contribution in [2.45, 2.75) is 25.7 Å². The van der Waals surface area contributed by atoms with E-state index in [1.807, 2.05) is 0 Å². The molecule has 0 saturated heterocycles. The van der Waals surface area contributed by atoms with E-state index in [9.17, 15) is 18.0 Å². The van der Waals surface area contributed by atoms with Gasteiger partial charge in [0.2, 0.25) is 0 Å². The van der Waals surface area contributed by atoms with Gasteiger partial charge in [0.05, 0.1) is 35.4 Å². The van der Waals surface area contributed by atoms with Gasteiger partial charge in [-0.3, -0.25) is 4.72 Å². The van der Waals surface area contributed by atoms with Gasteiger partial charge >= 0.3 is 11.9 Å². The van der Waals surface area contributed by atoms with Crippen LogP contribution in [0.4, 0.5) is 5.69 Å². The molecule has 0 amide bonds. The maximum Gasteiger partial charge on any atom is 0.338 e. The molecule has 0 aliphatic carbocycles. The summed E-state index contributed by atoms with van der Waals surface area (Å²) in [4.78, 5) is 23.7. The third kappa shape index (κ3) is 4.46. The SMILES string of the molecule is CCOC(=O)c1cccc(NS(=O)(=O)c2ccc(C)c(C(=O)OC)c2)c1C. The van der Waals surface area contributed by atoms with Crippen molar-refractivity contribution in [2.75, 3.05) is 18.4 Å². The van der Waals surface area contributed by atoms with Gasteiger partial charge in [0.1, 0.15) is 0 Å². The number of nitrogens with one attached hydrogen (secondary N) is 1. The predicted molar refractivity (Wildman–Crippen MR) is 100 cm³/mol. The van der Waals surface area contributed by atoms with Crippen LogP contribution < -0.4 is 4.72 Å². The van der Waals surface area contributed by atoms with E-state index < -0.39 is 22.0 Å². The Morgan fingerprint density at radius 1 is 1.04 bits per heavy atom. The zero-order valence-corrected chi connectivity index (χ0v) is 16.3. The molecule has 0 fully saturated rings. The summed E-state index contributed by atoms with van der Waals surface area (Å²) < 4.78 is 37.6. The van der Waals surface area contributed by atoms with Gasteiger partial charge in [-0.1, -0.05) is 12.1 Å². The Balaban J connectivity index is 2.42. The Morgan fingerprint density at radius 2 is 1.74 bits per heavy atom. The lowest BCUT2D eigenvalue weighted by Crippen LogP contribution is -2.16. The summed E-state index contributed by atoms with van der Waals surface area (Å²) in [5.74, 6) is -1.15. The van der Waals surface area contributed by atoms with Gasteiger partial charge in [-0.25, -0.2) is 18.0 Å². The average molecular weight is 391 g/mol. The molecule has 0 saturated carbocycles. The predicted octanol–water partition coefficient (Wildman–Crippen LogP) is 3.07. The lowest BCUT2D eigenvalue weighted by atomic mass is 10.1. The van der Waals surface area contributed by atoms with Crippen LogP contribution in [0.5, 0.6) is 0 Å². The van der Waals surface area contributed by atoms with Crippen LogP contribution in [-0.4, -0.2) is 34.1 Å². The zero-order valence-electron chi connectivity index (χ0n) is 15.5. The largest absolute Gasteiger partial charge is 0.465 e. The van der Waals surface area contributed by atoms with Gasteiger partial charge in [0.15, 0.2) is 0 Å². The highest BCUT2D eigenvalue weighted by atomic mass is 32.2. The summed E-state index contributed by atoms with van der Waals surface area (Å²) in [6.45, 7) is 5.21. The molecule has 27 heavy (non-hydrogen) atoms. The summed E-state index contributed by atoms with van der Waals surface area (Å²) in [7, 11) is -2.75. The highest BCUT2D eigenvalue weighted by Gasteiger charge is 2.21. The van der Waals surface area contributed by atoms with Gasteiger partial charge in [0, 0.05) is 0 Å². The van der Waals surface area contributed by atoms with Gasteiger partial charge in [-0.2, -0.15) is 0 Å². The number of anilines is 1. The quantitative estimate of drug-likeness (QED) is 0.760. The fourth-order valence-electron chi connectivity index (χ4n) is 2.48. The van der Waals surface area contributed by atoms with Crippen LogP contribution >= 0.6 is 0 Å². The molecule has 8 heteroatoms. The molecule has 0 aliphatic rings. The number of rotatable bonds is 6. The van der Waals surface area contributed by atoms with Crippen molar-refractivity contribution >= 4 is 27.6 Å². The highest BCUT2D eigenvalue weighted by molar-refractivity contribution is 7.92. The maximum atomic E-state index is 12.8. The second-order valence-corrected chi connectivity index (χ2v) is 7.45. The summed E-state index contributed by atoms with van der Waals surface area (Å²) >= 11 is 0. The standard InChI is InChI=1S/C19H21NO6S/c1-5-26-19(22)15-7-6-8-17(13(15)3)20-27(23,24)14-10-9-12(2)16(11-14)18(21)25-4/h6-11,20H,5H2,1-4H3. The Kier molecular flexibility index (Phi) is 6.22. The number of esters is 2. The van der Waals surface area contributed by atoms with E-state index in [1.165, 1.54) is 25.3 Å². The number of carbonyl (C=O) groups excluding carboxylic acids is 2. The van der Waals surface area contributed by atoms with Crippen LogP contribution in [0.3, 0.4) is 0 Å². The molecule has 144 valence electrons. The molecule has 0 atom stereocenters. The van der Waals surface area contributed by atoms with E-state index in [4.69, 9.17) is 4.74 Å². The number of sulfonamides is 1. The zero-order chi connectivity index (χ0) is 20.2. The van der Waals surface area contributed by atoms with Gasteiger partial charge in [-0.05, 0) is 56.2 Å². The fourth-order valence-corrected chi connectivity index (χ4v) is 3.63. The molecule has 0 bridgehead atoms. The van der Waals surface area contributed by atoms with Crippen LogP contribution in [0.1, 0.15) is 38.8 Å². The molecule has 2 rings (SSSR count). The number of ether oxygens (including phenoxy) is 2. The van der Waals surface area contributed by atoms with E-state index in [-0.39, 0.29) is 28.3 Å². The van der Waals surface area contributed by atoms with E-state index in [0.29, 0.717) is 11.1 Å². The van der Waals surface area contributed by atoms with Crippen molar-refractivity contribution < 1.29 is 27.5 Å². The molecule has 1 N–H and O–H groups in total. The van der Waals surface area contributed by atoms with Crippen molar-refractivity contribution in [1.29, 1.82) is 0 Å². The molecule has 0 unspecified atom stereocenters. The number of hydrogen-bond donors (Lipinski definition) is 1. The second kappa shape index (κ2) is 8.22. The van der Waals surface area contributed by atoms with Gasteiger partial charge in [-0.15, -0.1) is 0 Å². The molecule has 0 spiro atoms. The highest BCUT2D eigenvalue weighted by Crippen LogP contribution is 2.24. The molecular formula is C19H21NO6S. The minimum atomic E-state index is -3.98. The van der Waals surface area contributed by atoms with Crippen molar-refractivity contribution in [3.8, 4) is 0 Å². The minimum Gasteiger partial charge on any atom is -0.465 e. The van der Waals surface area contributed by atoms with Crippen LogP contribution in [0.2, 0.25) is 0 Å². The number of hydrogen-bond acceptors (Lipinski definition) is 6. The molecule has 0 radical (unpaired) electrons. The third-order valence-corrected chi connectivity index (χ3v) is 5.36. The Morgan fingerprint density at radius 3 is 2.37 bits per heavy atom. The minimum absolute atomic E-state index is 0.0885. The number of aryl methyl sites for hydroxylation is 1. The lowest BCUT2D eigenvalue weighted by Gasteiger charge is -2.14. The molecule has 0 heterocycles. The van der Waals surface area contributed by atoms with Crippen molar-refractivity contribution in [2.24, 2.45) is 0 Å². The van der Waals surface area contributed by atoms with E-state index in [1.54, 1.807) is 39.0 Å². The van der Waals surface area contributed by atoms with Gasteiger partial charge in [0.25, 0.3) is 10.0 Å². The molecule has 2 aromatic carbocycles. The summed E-state index contributed by atoms with van der Waals surface area (Å²) in [6, 6.07) is 8.86. The molecule has 2 aromatic rings. The molecule has 0 aromatic heterocycles. The summed E-state index contributed by atoms with van der Waals surface area (Å²) in [5.41, 5.74) is 1.73. The van der Waals surface area contributed by atoms with E-state index >= 15 is 0 Å². The second-order valence-electron chi connectivity index (χ2n) is 5.77. The number of carbonyl (C=O) groups is 2. The molecule has 7 nitrogen and oxygen atoms in total. The Bertz CT molecular complexity index is 982. The topological polar surface area (TPSA) is 98.8 Å². The first-order chi connectivity index (χ1) is 12.7. The number of methoxy groups -OCH3 is 1. The maximum absolute atomic E-state index is 12.8. The molecular weight excluding hydrogens is 370 g/mol. The Labute approximate surface area is 158 Å². The summed E-state index contributed by atoms with van der Waals surface area (Å²) in [5, 5.41) is 0. The van der Waals surface area contributed by atoms with E-state index in [0.717, 1.165) is 0 Å². The summed E-state index contributed by atoms with van der Waals surface area (Å²) in [6.07, 6.45) is 0. The van der Waals surface area contributed by atoms with Crippen molar-refractivity contribution in [3.05, 3.63) is 58.7 Å². The first-order valence-corrected chi connectivity index (χ1v) is 9.68. The van der Waals surface area contributed by atoms with E-state index in [2.05, 4.69) is 9.46 Å². The third-order valence-electron chi connectivity index (χ3n) is 4.00. The van der Waals surface area contributed by atoms with Crippen LogP contribution in [-0.2, 0) is 19.5 Å². The van der Waals surface area contributed by atoms with Gasteiger partial charge < -0.3 is 9.47 Å². The normalized spacial score (nSPS) is 11.0. The first kappa shape index (κ1) is 20.4. The van der Waals surface area contributed by atoms with Crippen LogP contribution in [0.25, 0.3) is 0 Å². The van der Waals surface area contributed by atoms with Crippen LogP contribution in [0.15, 0.2) is 41.3 Å². The fraction of sp³-hybridized carbons (Fsp3) is 0.263. The van der Waals surface area contributed by atoms with Crippen LogP contribution in [0, 0.1) is 13.8 Å². The average Bonchev–Trinajstić information content (AvgIpc) is 2.63. The first-order valence-electron chi connectivity index (χ1n) is 8.19. The monoisotopic (exact) mass is 391 g/mol. The van der Waals surface area contributed by atoms with Crippen molar-refractivity contribution in [1.82, 2.24) is 0 Å². The number of benzene rings is 2. The van der Waals surface area contributed by atoms with Crippen molar-refractivity contribution in [3.63, 3.8) is 0 Å². The molecule has 0 aliphatic heterocycles. The Hall–Kier alpha value is -2.87. The lowest BCUT2D eigenvalue weighted by molar-refractivity contribution is 0.0524.